The smallest absolute Gasteiger partial charge is 0.414 e. The molecule has 2 aromatic carbocycles. The lowest BCUT2D eigenvalue weighted by atomic mass is 9.88. The predicted octanol–water partition coefficient (Wildman–Crippen LogP) is 5.06. The third-order valence-electron chi connectivity index (χ3n) is 5.00. The molecule has 1 heterocycles. The first-order valence-corrected chi connectivity index (χ1v) is 9.34. The van der Waals surface area contributed by atoms with E-state index in [1.54, 1.807) is 12.1 Å². The Kier molecular flexibility index (Phi) is 5.51. The Morgan fingerprint density at radius 3 is 2.37 bits per heavy atom. The molecule has 5 heteroatoms. The molecular weight excluding hydrogens is 345 g/mol. The van der Waals surface area contributed by atoms with Crippen LogP contribution in [0.4, 0.5) is 14.9 Å². The van der Waals surface area contributed by atoms with Crippen molar-refractivity contribution in [2.45, 2.75) is 45.6 Å². The highest BCUT2D eigenvalue weighted by molar-refractivity contribution is 5.90. The van der Waals surface area contributed by atoms with Gasteiger partial charge in [0.2, 0.25) is 0 Å². The number of anilines is 1. The maximum Gasteiger partial charge on any atom is 0.414 e. The molecule has 1 amide bonds. The molecule has 0 saturated carbocycles. The fourth-order valence-corrected chi connectivity index (χ4v) is 3.38. The van der Waals surface area contributed by atoms with Gasteiger partial charge in [-0.3, -0.25) is 4.90 Å². The van der Waals surface area contributed by atoms with Gasteiger partial charge in [-0.2, -0.15) is 0 Å². The zero-order valence-corrected chi connectivity index (χ0v) is 16.2. The van der Waals surface area contributed by atoms with Crippen LogP contribution in [0.5, 0.6) is 0 Å². The van der Waals surface area contributed by atoms with Crippen molar-refractivity contribution in [1.82, 2.24) is 0 Å². The third-order valence-corrected chi connectivity index (χ3v) is 5.00. The third kappa shape index (κ3) is 3.83. The number of rotatable bonds is 5. The Balaban J connectivity index is 1.98. The largest absolute Gasteiger partial charge is 0.441 e. The fourth-order valence-electron chi connectivity index (χ4n) is 3.38. The van der Waals surface area contributed by atoms with Crippen molar-refractivity contribution in [1.29, 1.82) is 0 Å². The topological polar surface area (TPSA) is 49.8 Å². The summed E-state index contributed by atoms with van der Waals surface area (Å²) in [6, 6.07) is 11.0. The van der Waals surface area contributed by atoms with Gasteiger partial charge >= 0.3 is 6.09 Å². The lowest BCUT2D eigenvalue weighted by Gasteiger charge is -2.18. The van der Waals surface area contributed by atoms with Crippen LogP contribution in [0, 0.1) is 5.82 Å². The number of halogens is 1. The van der Waals surface area contributed by atoms with Gasteiger partial charge in [0.25, 0.3) is 0 Å². The monoisotopic (exact) mass is 371 g/mol. The second kappa shape index (κ2) is 7.69. The molecule has 144 valence electrons. The van der Waals surface area contributed by atoms with Crippen LogP contribution in [0.15, 0.2) is 36.4 Å². The molecule has 1 saturated heterocycles. The normalized spacial score (nSPS) is 17.1. The van der Waals surface area contributed by atoms with Crippen molar-refractivity contribution < 1.29 is 19.0 Å². The minimum absolute atomic E-state index is 0.217. The van der Waals surface area contributed by atoms with E-state index in [-0.39, 0.29) is 24.9 Å². The Morgan fingerprint density at radius 1 is 1.11 bits per heavy atom. The van der Waals surface area contributed by atoms with Gasteiger partial charge in [0.05, 0.1) is 18.8 Å². The number of hydrogen-bond acceptors (Lipinski definition) is 3. The molecule has 1 atom stereocenters. The second-order valence-electron chi connectivity index (χ2n) is 7.62. The highest BCUT2D eigenvalue weighted by Crippen LogP contribution is 2.35. The summed E-state index contributed by atoms with van der Waals surface area (Å²) >= 11 is 0. The summed E-state index contributed by atoms with van der Waals surface area (Å²) in [6.45, 7) is 8.46. The predicted molar refractivity (Wildman–Crippen MR) is 105 cm³/mol. The van der Waals surface area contributed by atoms with Crippen LogP contribution in [0.25, 0.3) is 11.1 Å². The lowest BCUT2D eigenvalue weighted by molar-refractivity contribution is 0.0963. The number of amides is 1. The van der Waals surface area contributed by atoms with Gasteiger partial charge in [-0.25, -0.2) is 9.18 Å². The number of aliphatic hydroxyl groups excluding tert-OH is 1. The molecule has 27 heavy (non-hydrogen) atoms. The van der Waals surface area contributed by atoms with E-state index in [0.29, 0.717) is 17.2 Å². The quantitative estimate of drug-likeness (QED) is 0.799. The summed E-state index contributed by atoms with van der Waals surface area (Å²) in [5.41, 5.74) is 4.16. The summed E-state index contributed by atoms with van der Waals surface area (Å²) in [4.78, 5) is 13.3. The van der Waals surface area contributed by atoms with E-state index in [0.717, 1.165) is 11.1 Å². The van der Waals surface area contributed by atoms with Crippen LogP contribution in [0.3, 0.4) is 0 Å². The summed E-state index contributed by atoms with van der Waals surface area (Å²) in [5, 5.41) is 9.16. The molecule has 0 spiro atoms. The summed E-state index contributed by atoms with van der Waals surface area (Å²) in [7, 11) is 0. The Morgan fingerprint density at radius 2 is 1.81 bits per heavy atom. The standard InChI is InChI=1S/C22H26FNO3/c1-13(2)15-5-7-18(20(9-15)14(3)4)19-8-6-16(10-21(19)23)24-11-17(12-25)27-22(24)26/h5-10,13-14,17,25H,11-12H2,1-4H3/t17-/m1/s1. The fraction of sp³-hybridized carbons (Fsp3) is 0.409. The van der Waals surface area contributed by atoms with E-state index >= 15 is 0 Å². The number of benzene rings is 2. The van der Waals surface area contributed by atoms with Gasteiger partial charge < -0.3 is 9.84 Å². The molecule has 0 aromatic heterocycles. The molecule has 0 aliphatic carbocycles. The highest BCUT2D eigenvalue weighted by atomic mass is 19.1. The van der Waals surface area contributed by atoms with E-state index in [9.17, 15) is 9.18 Å². The average molecular weight is 371 g/mol. The second-order valence-corrected chi connectivity index (χ2v) is 7.62. The number of carbonyl (C=O) groups excluding carboxylic acids is 1. The molecule has 1 aliphatic rings. The molecule has 1 aliphatic heterocycles. The minimum Gasteiger partial charge on any atom is -0.441 e. The van der Waals surface area contributed by atoms with Crippen molar-refractivity contribution in [2.24, 2.45) is 0 Å². The Labute approximate surface area is 159 Å². The molecule has 1 N–H and O–H groups in total. The maximum atomic E-state index is 15.0. The number of cyclic esters (lactones) is 1. The highest BCUT2D eigenvalue weighted by Gasteiger charge is 2.32. The molecular formula is C22H26FNO3. The van der Waals surface area contributed by atoms with E-state index in [2.05, 4.69) is 33.8 Å². The SMILES string of the molecule is CC(C)c1ccc(-c2ccc(N3C[C@H](CO)OC3=O)cc2F)c(C(C)C)c1. The van der Waals surface area contributed by atoms with Crippen LogP contribution in [0.2, 0.25) is 0 Å². The maximum absolute atomic E-state index is 15.0. The first-order valence-electron chi connectivity index (χ1n) is 9.34. The van der Waals surface area contributed by atoms with Crippen LogP contribution >= 0.6 is 0 Å². The first-order chi connectivity index (χ1) is 12.8. The van der Waals surface area contributed by atoms with Crippen molar-refractivity contribution in [3.8, 4) is 11.1 Å². The van der Waals surface area contributed by atoms with Crippen molar-refractivity contribution in [3.63, 3.8) is 0 Å². The van der Waals surface area contributed by atoms with E-state index in [1.807, 2.05) is 12.1 Å². The van der Waals surface area contributed by atoms with Crippen molar-refractivity contribution >= 4 is 11.8 Å². The van der Waals surface area contributed by atoms with Crippen molar-refractivity contribution in [3.05, 3.63) is 53.3 Å². The molecule has 2 aromatic rings. The summed E-state index contributed by atoms with van der Waals surface area (Å²) < 4.78 is 20.0. The zero-order valence-electron chi connectivity index (χ0n) is 16.2. The molecule has 0 bridgehead atoms. The van der Waals surface area contributed by atoms with Crippen LogP contribution in [-0.4, -0.2) is 30.5 Å². The van der Waals surface area contributed by atoms with E-state index in [1.165, 1.54) is 16.5 Å². The van der Waals surface area contributed by atoms with Crippen molar-refractivity contribution in [2.75, 3.05) is 18.1 Å². The molecule has 4 nitrogen and oxygen atoms in total. The van der Waals surface area contributed by atoms with Gasteiger partial charge in [-0.05, 0) is 46.7 Å². The zero-order chi connectivity index (χ0) is 19.7. The average Bonchev–Trinajstić information content (AvgIpc) is 3.02. The van der Waals surface area contributed by atoms with E-state index < -0.39 is 12.2 Å². The van der Waals surface area contributed by atoms with Crippen LogP contribution in [-0.2, 0) is 4.74 Å². The number of nitrogens with zero attached hydrogens (tertiary/aromatic N) is 1. The number of ether oxygens (including phenoxy) is 1. The van der Waals surface area contributed by atoms with Gasteiger partial charge in [-0.15, -0.1) is 0 Å². The molecule has 1 fully saturated rings. The Bertz CT molecular complexity index is 847. The summed E-state index contributed by atoms with van der Waals surface area (Å²) in [6.07, 6.45) is -1.14. The van der Waals surface area contributed by atoms with Gasteiger partial charge in [0.1, 0.15) is 11.9 Å². The number of aliphatic hydroxyl groups is 1. The lowest BCUT2D eigenvalue weighted by Crippen LogP contribution is -2.25. The minimum atomic E-state index is -0.573. The Hall–Kier alpha value is -2.40. The number of hydrogen-bond donors (Lipinski definition) is 1. The van der Waals surface area contributed by atoms with Gasteiger partial charge in [0, 0.05) is 5.56 Å². The molecule has 3 rings (SSSR count). The van der Waals surface area contributed by atoms with Crippen LogP contribution < -0.4 is 4.90 Å². The summed E-state index contributed by atoms with van der Waals surface area (Å²) in [5.74, 6) is 0.285. The molecule has 0 unspecified atom stereocenters. The van der Waals surface area contributed by atoms with Gasteiger partial charge in [-0.1, -0.05) is 45.9 Å². The first kappa shape index (κ1) is 19.4. The van der Waals surface area contributed by atoms with Crippen LogP contribution in [0.1, 0.15) is 50.7 Å². The van der Waals surface area contributed by atoms with Gasteiger partial charge in [0.15, 0.2) is 0 Å². The number of carbonyl (C=O) groups is 1. The molecule has 0 radical (unpaired) electrons. The van der Waals surface area contributed by atoms with E-state index in [4.69, 9.17) is 9.84 Å².